The Hall–Kier alpha value is -3.05. The number of hydrogen-bond acceptors (Lipinski definition) is 5. The van der Waals surface area contributed by atoms with E-state index in [9.17, 15) is 19.5 Å². The summed E-state index contributed by atoms with van der Waals surface area (Å²) in [6.07, 6.45) is 9.07. The number of aliphatic hydroxyl groups is 1. The molecule has 0 aliphatic rings. The first-order chi connectivity index (χ1) is 16.6. The van der Waals surface area contributed by atoms with Crippen LogP contribution >= 0.6 is 0 Å². The van der Waals surface area contributed by atoms with Crippen molar-refractivity contribution in [2.24, 2.45) is 0 Å². The number of nitrogens with one attached hydrogen (secondary N) is 2. The van der Waals surface area contributed by atoms with Gasteiger partial charge in [0.1, 0.15) is 17.7 Å². The molecule has 0 fully saturated rings. The molecule has 0 radical (unpaired) electrons. The third-order valence-corrected chi connectivity index (χ3v) is 5.26. The maximum Gasteiger partial charge on any atom is 0.408 e. The van der Waals surface area contributed by atoms with Crippen LogP contribution in [0.3, 0.4) is 0 Å². The number of nitrogens with zero attached hydrogens (tertiary/aromatic N) is 1. The Balaban J connectivity index is 3.38. The second-order valence-corrected chi connectivity index (χ2v) is 9.40. The number of terminal acetylenes is 1. The molecule has 8 nitrogen and oxygen atoms in total. The number of alkyl carbamates (subject to hydrolysis) is 1. The summed E-state index contributed by atoms with van der Waals surface area (Å²) >= 11 is 0. The molecule has 2 unspecified atom stereocenters. The molecule has 0 aliphatic carbocycles. The van der Waals surface area contributed by atoms with Crippen LogP contribution < -0.4 is 10.6 Å². The predicted molar refractivity (Wildman–Crippen MR) is 137 cm³/mol. The molecule has 0 saturated carbocycles. The van der Waals surface area contributed by atoms with Gasteiger partial charge in [-0.15, -0.1) is 6.42 Å². The zero-order valence-electron chi connectivity index (χ0n) is 21.7. The fraction of sp³-hybridized carbons (Fsp3) is 0.593. The van der Waals surface area contributed by atoms with Crippen LogP contribution in [0.5, 0.6) is 0 Å². The number of rotatable bonds is 13. The van der Waals surface area contributed by atoms with Crippen molar-refractivity contribution in [1.82, 2.24) is 15.5 Å². The lowest BCUT2D eigenvalue weighted by molar-refractivity contribution is -0.143. The van der Waals surface area contributed by atoms with E-state index in [1.165, 1.54) is 4.90 Å². The Kier molecular flexibility index (Phi) is 12.9. The van der Waals surface area contributed by atoms with Crippen molar-refractivity contribution in [2.45, 2.75) is 84.4 Å². The van der Waals surface area contributed by atoms with Crippen LogP contribution in [0.1, 0.15) is 83.9 Å². The van der Waals surface area contributed by atoms with E-state index in [0.29, 0.717) is 24.1 Å². The Labute approximate surface area is 209 Å². The number of hydrogen-bond donors (Lipinski definition) is 3. The Bertz CT molecular complexity index is 872. The SMILES string of the molecule is C#Cc1ccccc1C(C(=O)NCCCCC)N(CCCC)C(=O)C(CO)NC(=O)OC(C)(C)C. The van der Waals surface area contributed by atoms with E-state index in [2.05, 4.69) is 23.5 Å². The first kappa shape index (κ1) is 30.0. The van der Waals surface area contributed by atoms with E-state index < -0.39 is 36.3 Å². The van der Waals surface area contributed by atoms with Gasteiger partial charge in [0.15, 0.2) is 0 Å². The van der Waals surface area contributed by atoms with E-state index in [1.54, 1.807) is 45.0 Å². The van der Waals surface area contributed by atoms with Crippen molar-refractivity contribution < 1.29 is 24.2 Å². The summed E-state index contributed by atoms with van der Waals surface area (Å²) < 4.78 is 5.25. The molecular formula is C27H41N3O5. The minimum Gasteiger partial charge on any atom is -0.444 e. The van der Waals surface area contributed by atoms with Gasteiger partial charge in [-0.3, -0.25) is 9.59 Å². The maximum atomic E-state index is 13.6. The number of ether oxygens (including phenoxy) is 1. The summed E-state index contributed by atoms with van der Waals surface area (Å²) in [7, 11) is 0. The maximum absolute atomic E-state index is 13.6. The Morgan fingerprint density at radius 2 is 1.77 bits per heavy atom. The van der Waals surface area contributed by atoms with Crippen LogP contribution in [0.15, 0.2) is 24.3 Å². The normalized spacial score (nSPS) is 12.7. The molecule has 0 aliphatic heterocycles. The molecule has 2 atom stereocenters. The van der Waals surface area contributed by atoms with Crippen molar-refractivity contribution in [2.75, 3.05) is 19.7 Å². The summed E-state index contributed by atoms with van der Waals surface area (Å²) in [5.74, 6) is 1.65. The summed E-state index contributed by atoms with van der Waals surface area (Å²) in [6.45, 7) is 9.21. The van der Waals surface area contributed by atoms with Gasteiger partial charge in [-0.05, 0) is 45.2 Å². The summed E-state index contributed by atoms with van der Waals surface area (Å²) in [4.78, 5) is 40.8. The van der Waals surface area contributed by atoms with E-state index in [4.69, 9.17) is 11.2 Å². The van der Waals surface area contributed by atoms with Crippen LogP contribution in [-0.4, -0.2) is 59.3 Å². The zero-order chi connectivity index (χ0) is 26.4. The molecule has 1 aromatic carbocycles. The number of amides is 3. The Morgan fingerprint density at radius 1 is 1.11 bits per heavy atom. The topological polar surface area (TPSA) is 108 Å². The van der Waals surface area contributed by atoms with Gasteiger partial charge in [-0.25, -0.2) is 4.79 Å². The average Bonchev–Trinajstić information content (AvgIpc) is 2.81. The van der Waals surface area contributed by atoms with Gasteiger partial charge in [0.2, 0.25) is 11.8 Å². The quantitative estimate of drug-likeness (QED) is 0.291. The molecule has 3 N–H and O–H groups in total. The molecule has 0 spiro atoms. The van der Waals surface area contributed by atoms with Crippen LogP contribution in [0.2, 0.25) is 0 Å². The monoisotopic (exact) mass is 487 g/mol. The lowest BCUT2D eigenvalue weighted by Gasteiger charge is -2.34. The number of carbonyl (C=O) groups excluding carboxylic acids is 3. The molecule has 35 heavy (non-hydrogen) atoms. The first-order valence-electron chi connectivity index (χ1n) is 12.3. The van der Waals surface area contributed by atoms with Gasteiger partial charge in [0, 0.05) is 18.7 Å². The second kappa shape index (κ2) is 15.0. The molecule has 0 aromatic heterocycles. The lowest BCUT2D eigenvalue weighted by Crippen LogP contribution is -2.54. The highest BCUT2D eigenvalue weighted by Crippen LogP contribution is 2.26. The van der Waals surface area contributed by atoms with Gasteiger partial charge in [0.25, 0.3) is 0 Å². The third-order valence-electron chi connectivity index (χ3n) is 5.26. The zero-order valence-corrected chi connectivity index (χ0v) is 21.7. The molecule has 194 valence electrons. The van der Waals surface area contributed by atoms with Crippen LogP contribution in [0.25, 0.3) is 0 Å². The number of carbonyl (C=O) groups is 3. The van der Waals surface area contributed by atoms with Crippen molar-refractivity contribution in [1.29, 1.82) is 0 Å². The van der Waals surface area contributed by atoms with E-state index in [-0.39, 0.29) is 12.5 Å². The van der Waals surface area contributed by atoms with Crippen LogP contribution in [0, 0.1) is 12.3 Å². The van der Waals surface area contributed by atoms with Gasteiger partial charge in [-0.2, -0.15) is 0 Å². The van der Waals surface area contributed by atoms with Crippen molar-refractivity contribution in [3.8, 4) is 12.3 Å². The van der Waals surface area contributed by atoms with Gasteiger partial charge in [-0.1, -0.05) is 57.2 Å². The molecule has 0 saturated heterocycles. The molecule has 1 aromatic rings. The van der Waals surface area contributed by atoms with Crippen molar-refractivity contribution in [3.05, 3.63) is 35.4 Å². The largest absolute Gasteiger partial charge is 0.444 e. The summed E-state index contributed by atoms with van der Waals surface area (Å²) in [6, 6.07) is 4.68. The molecule has 1 rings (SSSR count). The standard InChI is InChI=1S/C27H41N3O5/c1-7-10-14-17-28-24(32)23(21-16-13-12-15-20(21)9-3)30(18-11-8-2)25(33)22(19-31)29-26(34)35-27(4,5)6/h3,12-13,15-16,22-23,31H,7-8,10-11,14,17-19H2,1-2,4-6H3,(H,28,32)(H,29,34). The summed E-state index contributed by atoms with van der Waals surface area (Å²) in [5, 5.41) is 15.3. The second-order valence-electron chi connectivity index (χ2n) is 9.40. The lowest BCUT2D eigenvalue weighted by atomic mass is 9.97. The third kappa shape index (κ3) is 9.99. The predicted octanol–water partition coefficient (Wildman–Crippen LogP) is 3.53. The van der Waals surface area contributed by atoms with E-state index in [1.807, 2.05) is 6.92 Å². The van der Waals surface area contributed by atoms with Gasteiger partial charge >= 0.3 is 6.09 Å². The molecule has 8 heteroatoms. The fourth-order valence-corrected chi connectivity index (χ4v) is 3.53. The minimum atomic E-state index is -1.28. The highest BCUT2D eigenvalue weighted by atomic mass is 16.6. The van der Waals surface area contributed by atoms with Gasteiger partial charge < -0.3 is 25.4 Å². The summed E-state index contributed by atoms with van der Waals surface area (Å²) in [5.41, 5.74) is 0.236. The molecular weight excluding hydrogens is 446 g/mol. The van der Waals surface area contributed by atoms with Crippen molar-refractivity contribution >= 4 is 17.9 Å². The van der Waals surface area contributed by atoms with E-state index in [0.717, 1.165) is 25.7 Å². The van der Waals surface area contributed by atoms with Crippen molar-refractivity contribution in [3.63, 3.8) is 0 Å². The highest BCUT2D eigenvalue weighted by molar-refractivity contribution is 5.92. The van der Waals surface area contributed by atoms with Gasteiger partial charge in [0.05, 0.1) is 6.61 Å². The average molecular weight is 488 g/mol. The number of unbranched alkanes of at least 4 members (excludes halogenated alkanes) is 3. The van der Waals surface area contributed by atoms with Crippen LogP contribution in [-0.2, 0) is 14.3 Å². The number of aliphatic hydroxyl groups excluding tert-OH is 1. The van der Waals surface area contributed by atoms with E-state index >= 15 is 0 Å². The smallest absolute Gasteiger partial charge is 0.408 e. The molecule has 0 heterocycles. The Morgan fingerprint density at radius 3 is 2.34 bits per heavy atom. The molecule has 0 bridgehead atoms. The molecule has 3 amide bonds. The fourth-order valence-electron chi connectivity index (χ4n) is 3.53. The number of benzene rings is 1. The highest BCUT2D eigenvalue weighted by Gasteiger charge is 2.36. The first-order valence-corrected chi connectivity index (χ1v) is 12.3. The minimum absolute atomic E-state index is 0.244. The van der Waals surface area contributed by atoms with Crippen LogP contribution in [0.4, 0.5) is 4.79 Å².